The largest absolute Gasteiger partial charge is 0.573 e. The molecule has 0 fully saturated rings. The van der Waals surface area contributed by atoms with Gasteiger partial charge in [0.25, 0.3) is 0 Å². The van der Waals surface area contributed by atoms with Crippen LogP contribution in [-0.4, -0.2) is 24.3 Å². The number of carbonyl (C=O) groups is 1. The summed E-state index contributed by atoms with van der Waals surface area (Å²) in [5.41, 5.74) is 0.298. The molecule has 0 aromatic heterocycles. The molecule has 0 saturated carbocycles. The van der Waals surface area contributed by atoms with Crippen LogP contribution >= 0.6 is 12.6 Å². The van der Waals surface area contributed by atoms with E-state index in [-0.39, 0.29) is 17.6 Å². The second-order valence-corrected chi connectivity index (χ2v) is 4.53. The Morgan fingerprint density at radius 2 is 1.95 bits per heavy atom. The van der Waals surface area contributed by atoms with Gasteiger partial charge in [-0.2, -0.15) is 12.6 Å². The SMILES string of the molecule is C[C@H](S)COC(=O)Nc1ccc(OC(F)(F)F)cc1. The fourth-order valence-electron chi connectivity index (χ4n) is 1.09. The van der Waals surface area contributed by atoms with Crippen LogP contribution < -0.4 is 10.1 Å². The Hall–Kier alpha value is -1.57. The molecule has 0 saturated heterocycles. The van der Waals surface area contributed by atoms with Crippen LogP contribution in [0.1, 0.15) is 6.92 Å². The highest BCUT2D eigenvalue weighted by Gasteiger charge is 2.30. The van der Waals surface area contributed by atoms with Crippen molar-refractivity contribution in [2.45, 2.75) is 18.5 Å². The lowest BCUT2D eigenvalue weighted by molar-refractivity contribution is -0.274. The van der Waals surface area contributed by atoms with E-state index in [4.69, 9.17) is 4.74 Å². The van der Waals surface area contributed by atoms with Gasteiger partial charge in [-0.3, -0.25) is 5.32 Å². The third-order valence-corrected chi connectivity index (χ3v) is 1.94. The van der Waals surface area contributed by atoms with Gasteiger partial charge in [0.2, 0.25) is 0 Å². The summed E-state index contributed by atoms with van der Waals surface area (Å²) in [4.78, 5) is 11.3. The number of ether oxygens (including phenoxy) is 2. The molecule has 4 nitrogen and oxygen atoms in total. The molecule has 1 aromatic carbocycles. The third-order valence-electron chi connectivity index (χ3n) is 1.79. The first-order valence-corrected chi connectivity index (χ1v) is 5.75. The van der Waals surface area contributed by atoms with E-state index in [9.17, 15) is 18.0 Å². The lowest BCUT2D eigenvalue weighted by Crippen LogP contribution is -2.18. The molecule has 1 aromatic rings. The second-order valence-electron chi connectivity index (χ2n) is 3.64. The van der Waals surface area contributed by atoms with E-state index in [1.807, 2.05) is 0 Å². The molecule has 0 bridgehead atoms. The molecule has 1 amide bonds. The van der Waals surface area contributed by atoms with Gasteiger partial charge < -0.3 is 9.47 Å². The second kappa shape index (κ2) is 6.55. The van der Waals surface area contributed by atoms with E-state index in [0.29, 0.717) is 5.69 Å². The molecule has 8 heteroatoms. The van der Waals surface area contributed by atoms with Crippen LogP contribution in [0.4, 0.5) is 23.7 Å². The summed E-state index contributed by atoms with van der Waals surface area (Å²) < 4.78 is 44.2. The monoisotopic (exact) mass is 295 g/mol. The van der Waals surface area contributed by atoms with Crippen molar-refractivity contribution in [1.29, 1.82) is 0 Å². The molecule has 0 aliphatic carbocycles. The number of hydrogen-bond donors (Lipinski definition) is 2. The van der Waals surface area contributed by atoms with Gasteiger partial charge in [-0.1, -0.05) is 6.92 Å². The molecule has 0 spiro atoms. The van der Waals surface area contributed by atoms with Gasteiger partial charge in [-0.15, -0.1) is 13.2 Å². The topological polar surface area (TPSA) is 47.6 Å². The quantitative estimate of drug-likeness (QED) is 0.836. The molecule has 1 N–H and O–H groups in total. The highest BCUT2D eigenvalue weighted by atomic mass is 32.1. The first kappa shape index (κ1) is 15.5. The van der Waals surface area contributed by atoms with Crippen molar-refractivity contribution in [2.75, 3.05) is 11.9 Å². The molecule has 0 heterocycles. The lowest BCUT2D eigenvalue weighted by Gasteiger charge is -2.10. The van der Waals surface area contributed by atoms with Crippen LogP contribution in [0.25, 0.3) is 0 Å². The summed E-state index contributed by atoms with van der Waals surface area (Å²) in [6.07, 6.45) is -5.44. The average molecular weight is 295 g/mol. The van der Waals surface area contributed by atoms with Gasteiger partial charge in [-0.25, -0.2) is 4.79 Å². The summed E-state index contributed by atoms with van der Waals surface area (Å²) in [7, 11) is 0. The lowest BCUT2D eigenvalue weighted by atomic mass is 10.3. The van der Waals surface area contributed by atoms with Gasteiger partial charge in [0.05, 0.1) is 0 Å². The number of carbonyl (C=O) groups excluding carboxylic acids is 1. The van der Waals surface area contributed by atoms with Crippen LogP contribution in [0.2, 0.25) is 0 Å². The van der Waals surface area contributed by atoms with E-state index in [2.05, 4.69) is 22.7 Å². The Bertz CT molecular complexity index is 420. The first-order valence-electron chi connectivity index (χ1n) is 5.24. The first-order chi connectivity index (χ1) is 8.76. The predicted octanol–water partition coefficient (Wildman–Crippen LogP) is 3.45. The number of anilines is 1. The van der Waals surface area contributed by atoms with Gasteiger partial charge in [-0.05, 0) is 24.3 Å². The molecular formula is C11H12F3NO3S. The number of halogens is 3. The number of thiol groups is 1. The van der Waals surface area contributed by atoms with Crippen molar-refractivity contribution in [3.8, 4) is 5.75 Å². The number of alkyl halides is 3. The van der Waals surface area contributed by atoms with Crippen LogP contribution in [0.15, 0.2) is 24.3 Å². The molecular weight excluding hydrogens is 283 g/mol. The normalized spacial score (nSPS) is 12.7. The minimum Gasteiger partial charge on any atom is -0.448 e. The van der Waals surface area contributed by atoms with E-state index in [1.54, 1.807) is 6.92 Å². The van der Waals surface area contributed by atoms with E-state index in [1.165, 1.54) is 12.1 Å². The van der Waals surface area contributed by atoms with Gasteiger partial charge in [0, 0.05) is 10.9 Å². The van der Waals surface area contributed by atoms with Crippen molar-refractivity contribution < 1.29 is 27.4 Å². The fourth-order valence-corrected chi connectivity index (χ4v) is 1.16. The third kappa shape index (κ3) is 6.80. The fraction of sp³-hybridized carbons (Fsp3) is 0.364. The van der Waals surface area contributed by atoms with Crippen LogP contribution in [0.5, 0.6) is 5.75 Å². The van der Waals surface area contributed by atoms with E-state index in [0.717, 1.165) is 12.1 Å². The van der Waals surface area contributed by atoms with Crippen molar-refractivity contribution >= 4 is 24.4 Å². The molecule has 1 rings (SSSR count). The molecule has 0 unspecified atom stereocenters. The Balaban J connectivity index is 2.50. The summed E-state index contributed by atoms with van der Waals surface area (Å²) in [5.74, 6) is -0.365. The standard InChI is InChI=1S/C11H12F3NO3S/c1-7(19)6-17-10(16)15-8-2-4-9(5-3-8)18-11(12,13)14/h2-5,7,19H,6H2,1H3,(H,15,16)/t7-/m0/s1. The summed E-state index contributed by atoms with van der Waals surface area (Å²) in [5, 5.41) is 2.25. The Kier molecular flexibility index (Phi) is 5.34. The number of rotatable bonds is 4. The van der Waals surface area contributed by atoms with Crippen molar-refractivity contribution in [3.63, 3.8) is 0 Å². The smallest absolute Gasteiger partial charge is 0.448 e. The van der Waals surface area contributed by atoms with Gasteiger partial charge in [0.15, 0.2) is 0 Å². The molecule has 1 atom stereocenters. The molecule has 19 heavy (non-hydrogen) atoms. The number of amides is 1. The van der Waals surface area contributed by atoms with Crippen LogP contribution in [0.3, 0.4) is 0 Å². The summed E-state index contributed by atoms with van der Waals surface area (Å²) in [6, 6.07) is 4.72. The van der Waals surface area contributed by atoms with Crippen LogP contribution in [-0.2, 0) is 4.74 Å². The number of hydrogen-bond acceptors (Lipinski definition) is 4. The zero-order valence-corrected chi connectivity index (χ0v) is 10.8. The maximum Gasteiger partial charge on any atom is 0.573 e. The van der Waals surface area contributed by atoms with Gasteiger partial charge >= 0.3 is 12.5 Å². The van der Waals surface area contributed by atoms with Crippen molar-refractivity contribution in [3.05, 3.63) is 24.3 Å². The maximum atomic E-state index is 11.9. The highest BCUT2D eigenvalue weighted by Crippen LogP contribution is 2.23. The number of benzene rings is 1. The Morgan fingerprint density at radius 3 is 2.42 bits per heavy atom. The Morgan fingerprint density at radius 1 is 1.37 bits per heavy atom. The summed E-state index contributed by atoms with van der Waals surface area (Å²) in [6.45, 7) is 1.88. The molecule has 106 valence electrons. The van der Waals surface area contributed by atoms with E-state index >= 15 is 0 Å². The van der Waals surface area contributed by atoms with Crippen molar-refractivity contribution in [1.82, 2.24) is 0 Å². The average Bonchev–Trinajstić information content (AvgIpc) is 2.27. The van der Waals surface area contributed by atoms with E-state index < -0.39 is 12.5 Å². The number of nitrogens with one attached hydrogen (secondary N) is 1. The molecule has 0 aliphatic rings. The van der Waals surface area contributed by atoms with Crippen LogP contribution in [0, 0.1) is 0 Å². The minimum atomic E-state index is -4.74. The highest BCUT2D eigenvalue weighted by molar-refractivity contribution is 7.80. The zero-order chi connectivity index (χ0) is 14.5. The summed E-state index contributed by atoms with van der Waals surface area (Å²) >= 11 is 4.02. The zero-order valence-electron chi connectivity index (χ0n) is 9.90. The predicted molar refractivity (Wildman–Crippen MR) is 66.5 cm³/mol. The minimum absolute atomic E-state index is 0.103. The maximum absolute atomic E-state index is 11.9. The Labute approximate surface area is 113 Å². The molecule has 0 radical (unpaired) electrons. The van der Waals surface area contributed by atoms with Gasteiger partial charge in [0.1, 0.15) is 12.4 Å². The van der Waals surface area contributed by atoms with Crippen molar-refractivity contribution in [2.24, 2.45) is 0 Å². The molecule has 0 aliphatic heterocycles.